The summed E-state index contributed by atoms with van der Waals surface area (Å²) in [6.07, 6.45) is 0.0426. The third-order valence-corrected chi connectivity index (χ3v) is 5.62. The Balaban J connectivity index is 1.50. The van der Waals surface area contributed by atoms with Crippen LogP contribution in [0.15, 0.2) is 53.4 Å². The summed E-state index contributed by atoms with van der Waals surface area (Å²) in [5.74, 6) is 1.11. The van der Waals surface area contributed by atoms with Crippen molar-refractivity contribution in [2.24, 2.45) is 0 Å². The molecule has 0 saturated heterocycles. The van der Waals surface area contributed by atoms with Gasteiger partial charge in [-0.15, -0.1) is 0 Å². The van der Waals surface area contributed by atoms with Gasteiger partial charge in [0.15, 0.2) is 11.5 Å². The van der Waals surface area contributed by atoms with Crippen LogP contribution in [0.4, 0.5) is 0 Å². The minimum Gasteiger partial charge on any atom is -0.486 e. The van der Waals surface area contributed by atoms with Gasteiger partial charge in [0, 0.05) is 13.0 Å². The van der Waals surface area contributed by atoms with Crippen LogP contribution in [0.1, 0.15) is 24.9 Å². The third-order valence-electron chi connectivity index (χ3n) is 4.14. The fourth-order valence-corrected chi connectivity index (χ4v) is 3.76. The molecule has 3 rings (SSSR count). The predicted molar refractivity (Wildman–Crippen MR) is 100 cm³/mol. The first kappa shape index (κ1) is 19.2. The Morgan fingerprint density at radius 3 is 2.52 bits per heavy atom. The van der Waals surface area contributed by atoms with Crippen molar-refractivity contribution in [3.05, 3.63) is 54.1 Å². The maximum atomic E-state index is 12.1. The number of benzene rings is 2. The summed E-state index contributed by atoms with van der Waals surface area (Å²) in [6, 6.07) is 13.4. The van der Waals surface area contributed by atoms with E-state index in [1.54, 1.807) is 18.2 Å². The first-order valence-corrected chi connectivity index (χ1v) is 10.2. The van der Waals surface area contributed by atoms with Gasteiger partial charge in [-0.2, -0.15) is 0 Å². The summed E-state index contributed by atoms with van der Waals surface area (Å²) in [4.78, 5) is 12.3. The highest BCUT2D eigenvalue weighted by Crippen LogP contribution is 2.32. The van der Waals surface area contributed by atoms with Crippen molar-refractivity contribution >= 4 is 15.9 Å². The van der Waals surface area contributed by atoms with Crippen molar-refractivity contribution < 1.29 is 22.7 Å². The first-order chi connectivity index (χ1) is 13.0. The molecule has 144 valence electrons. The van der Waals surface area contributed by atoms with Gasteiger partial charge in [0.05, 0.1) is 10.9 Å². The first-order valence-electron chi connectivity index (χ1n) is 8.69. The summed E-state index contributed by atoms with van der Waals surface area (Å²) in [5.41, 5.74) is 0.887. The average Bonchev–Trinajstić information content (AvgIpc) is 2.68. The predicted octanol–water partition coefficient (Wildman–Crippen LogP) is 2.00. The van der Waals surface area contributed by atoms with E-state index in [1.807, 2.05) is 25.1 Å². The van der Waals surface area contributed by atoms with Crippen LogP contribution in [0, 0.1) is 0 Å². The molecule has 1 heterocycles. The van der Waals surface area contributed by atoms with Crippen LogP contribution in [-0.2, 0) is 14.8 Å². The summed E-state index contributed by atoms with van der Waals surface area (Å²) >= 11 is 0. The molecule has 0 saturated carbocycles. The minimum absolute atomic E-state index is 0.0247. The molecule has 2 aromatic rings. The van der Waals surface area contributed by atoms with E-state index >= 15 is 0 Å². The number of hydrogen-bond donors (Lipinski definition) is 2. The number of rotatable bonds is 7. The largest absolute Gasteiger partial charge is 0.486 e. The van der Waals surface area contributed by atoms with Crippen LogP contribution >= 0.6 is 0 Å². The van der Waals surface area contributed by atoms with Crippen molar-refractivity contribution in [1.29, 1.82) is 0 Å². The van der Waals surface area contributed by atoms with Crippen molar-refractivity contribution in [2.75, 3.05) is 19.8 Å². The molecule has 0 unspecified atom stereocenters. The van der Waals surface area contributed by atoms with Gasteiger partial charge in [0.25, 0.3) is 0 Å². The van der Waals surface area contributed by atoms with Crippen LogP contribution < -0.4 is 19.5 Å². The highest BCUT2D eigenvalue weighted by Gasteiger charge is 2.17. The number of nitrogens with one attached hydrogen (secondary N) is 2. The lowest BCUT2D eigenvalue weighted by Gasteiger charge is -2.21. The lowest BCUT2D eigenvalue weighted by molar-refractivity contribution is -0.121. The van der Waals surface area contributed by atoms with E-state index in [2.05, 4.69) is 10.0 Å². The zero-order chi connectivity index (χ0) is 19.3. The molecule has 8 heteroatoms. The summed E-state index contributed by atoms with van der Waals surface area (Å²) in [7, 11) is -3.61. The molecular weight excluding hydrogens is 368 g/mol. The van der Waals surface area contributed by atoms with E-state index in [9.17, 15) is 13.2 Å². The van der Waals surface area contributed by atoms with Crippen molar-refractivity contribution in [2.45, 2.75) is 24.3 Å². The van der Waals surface area contributed by atoms with Gasteiger partial charge >= 0.3 is 0 Å². The number of fused-ring (bicyclic) bond motifs is 1. The van der Waals surface area contributed by atoms with Crippen LogP contribution in [0.3, 0.4) is 0 Å². The second kappa shape index (κ2) is 8.41. The van der Waals surface area contributed by atoms with E-state index in [0.29, 0.717) is 24.7 Å². The SMILES string of the molecule is C[C@H](NC(=O)CCNS(=O)(=O)c1ccccc1)c1ccc2c(c1)OCCO2. The van der Waals surface area contributed by atoms with Gasteiger partial charge < -0.3 is 14.8 Å². The zero-order valence-corrected chi connectivity index (χ0v) is 15.8. The molecular formula is C19H22N2O5S. The average molecular weight is 390 g/mol. The molecule has 0 fully saturated rings. The quantitative estimate of drug-likeness (QED) is 0.754. The van der Waals surface area contributed by atoms with Crippen molar-refractivity contribution in [3.8, 4) is 11.5 Å². The van der Waals surface area contributed by atoms with Crippen molar-refractivity contribution in [3.63, 3.8) is 0 Å². The fourth-order valence-electron chi connectivity index (χ4n) is 2.71. The molecule has 0 aromatic heterocycles. The molecule has 2 aromatic carbocycles. The van der Waals surface area contributed by atoms with E-state index in [-0.39, 0.29) is 29.8 Å². The maximum absolute atomic E-state index is 12.1. The van der Waals surface area contributed by atoms with Crippen LogP contribution in [-0.4, -0.2) is 34.1 Å². The number of hydrogen-bond acceptors (Lipinski definition) is 5. The lowest BCUT2D eigenvalue weighted by atomic mass is 10.1. The Bertz CT molecular complexity index is 900. The summed E-state index contributed by atoms with van der Waals surface area (Å²) < 4.78 is 37.7. The van der Waals surface area contributed by atoms with Crippen molar-refractivity contribution in [1.82, 2.24) is 10.0 Å². The molecule has 1 amide bonds. The molecule has 1 aliphatic rings. The highest BCUT2D eigenvalue weighted by molar-refractivity contribution is 7.89. The van der Waals surface area contributed by atoms with E-state index in [0.717, 1.165) is 5.56 Å². The fraction of sp³-hybridized carbons (Fsp3) is 0.316. The van der Waals surface area contributed by atoms with E-state index in [4.69, 9.17) is 9.47 Å². The molecule has 0 radical (unpaired) electrons. The number of ether oxygens (including phenoxy) is 2. The van der Waals surface area contributed by atoms with Gasteiger partial charge in [-0.3, -0.25) is 4.79 Å². The molecule has 0 bridgehead atoms. The normalized spacial score (nSPS) is 14.4. The van der Waals surface area contributed by atoms with Gasteiger partial charge in [-0.25, -0.2) is 13.1 Å². The number of carbonyl (C=O) groups excluding carboxylic acids is 1. The van der Waals surface area contributed by atoms with Crippen LogP contribution in [0.5, 0.6) is 11.5 Å². The molecule has 1 atom stereocenters. The van der Waals surface area contributed by atoms with E-state index < -0.39 is 10.0 Å². The molecule has 0 aliphatic carbocycles. The van der Waals surface area contributed by atoms with Gasteiger partial charge in [-0.1, -0.05) is 24.3 Å². The molecule has 27 heavy (non-hydrogen) atoms. The number of sulfonamides is 1. The van der Waals surface area contributed by atoms with Gasteiger partial charge in [-0.05, 0) is 36.8 Å². The summed E-state index contributed by atoms with van der Waals surface area (Å²) in [6.45, 7) is 2.91. The zero-order valence-electron chi connectivity index (χ0n) is 15.0. The Hall–Kier alpha value is -2.58. The topological polar surface area (TPSA) is 93.7 Å². The molecule has 2 N–H and O–H groups in total. The Morgan fingerprint density at radius 1 is 1.07 bits per heavy atom. The minimum atomic E-state index is -3.61. The number of amides is 1. The molecule has 1 aliphatic heterocycles. The lowest BCUT2D eigenvalue weighted by Crippen LogP contribution is -2.32. The monoisotopic (exact) mass is 390 g/mol. The standard InChI is InChI=1S/C19H22N2O5S/c1-14(15-7-8-17-18(13-15)26-12-11-25-17)21-19(22)9-10-20-27(23,24)16-5-3-2-4-6-16/h2-8,13-14,20H,9-12H2,1H3,(H,21,22)/t14-/m0/s1. The van der Waals surface area contributed by atoms with Crippen LogP contribution in [0.25, 0.3) is 0 Å². The second-order valence-electron chi connectivity index (χ2n) is 6.15. The smallest absolute Gasteiger partial charge is 0.240 e. The molecule has 0 spiro atoms. The Kier molecular flexibility index (Phi) is 5.98. The number of carbonyl (C=O) groups is 1. The Morgan fingerprint density at radius 2 is 1.78 bits per heavy atom. The van der Waals surface area contributed by atoms with Gasteiger partial charge in [0.2, 0.25) is 15.9 Å². The Labute approximate surface area is 158 Å². The summed E-state index contributed by atoms with van der Waals surface area (Å²) in [5, 5.41) is 2.86. The maximum Gasteiger partial charge on any atom is 0.240 e. The second-order valence-corrected chi connectivity index (χ2v) is 7.92. The van der Waals surface area contributed by atoms with E-state index in [1.165, 1.54) is 12.1 Å². The van der Waals surface area contributed by atoms with Crippen LogP contribution in [0.2, 0.25) is 0 Å². The third kappa shape index (κ3) is 4.99. The highest BCUT2D eigenvalue weighted by atomic mass is 32.2. The van der Waals surface area contributed by atoms with Gasteiger partial charge in [0.1, 0.15) is 13.2 Å². The molecule has 7 nitrogen and oxygen atoms in total.